The Hall–Kier alpha value is -0.160. The summed E-state index contributed by atoms with van der Waals surface area (Å²) in [5.41, 5.74) is 2.18. The van der Waals surface area contributed by atoms with Gasteiger partial charge in [-0.25, -0.2) is 0 Å². The molecule has 0 aliphatic rings. The number of alkyl halides is 1. The fourth-order valence-corrected chi connectivity index (χ4v) is 2.82. The summed E-state index contributed by atoms with van der Waals surface area (Å²) in [6, 6.07) is 10.3. The van der Waals surface area contributed by atoms with Crippen molar-refractivity contribution >= 4 is 49.4 Å². The maximum Gasteiger partial charge on any atom is 0.0706 e. The van der Waals surface area contributed by atoms with E-state index in [2.05, 4.69) is 55.6 Å². The lowest BCUT2D eigenvalue weighted by Gasteiger charge is -2.02. The van der Waals surface area contributed by atoms with Crippen LogP contribution in [0, 0.1) is 3.57 Å². The Labute approximate surface area is 98.8 Å². The summed E-state index contributed by atoms with van der Waals surface area (Å²) in [4.78, 5) is 4.54. The van der Waals surface area contributed by atoms with Gasteiger partial charge in [-0.2, -0.15) is 0 Å². The minimum Gasteiger partial charge on any atom is -0.251 e. The molecule has 0 aliphatic heterocycles. The van der Waals surface area contributed by atoms with Gasteiger partial charge in [-0.1, -0.05) is 34.1 Å². The average Bonchev–Trinajstić information content (AvgIpc) is 2.17. The highest BCUT2D eigenvalue weighted by Crippen LogP contribution is 2.19. The minimum absolute atomic E-state index is 0.816. The van der Waals surface area contributed by atoms with E-state index in [-0.39, 0.29) is 0 Å². The molecule has 0 unspecified atom stereocenters. The summed E-state index contributed by atoms with van der Waals surface area (Å²) < 4.78 is 1.22. The van der Waals surface area contributed by atoms with Gasteiger partial charge < -0.3 is 0 Å². The third-order valence-electron chi connectivity index (χ3n) is 1.88. The summed E-state index contributed by atoms with van der Waals surface area (Å²) >= 11 is 5.74. The average molecular weight is 348 g/mol. The van der Waals surface area contributed by atoms with Gasteiger partial charge in [0.15, 0.2) is 0 Å². The lowest BCUT2D eigenvalue weighted by Crippen LogP contribution is -1.90. The van der Waals surface area contributed by atoms with Crippen molar-refractivity contribution < 1.29 is 0 Å². The summed E-state index contributed by atoms with van der Waals surface area (Å²) in [5, 5.41) is 2.02. The molecule has 0 N–H and O–H groups in total. The number of para-hydroxylation sites is 1. The zero-order valence-corrected chi connectivity index (χ0v) is 10.5. The fourth-order valence-electron chi connectivity index (χ4n) is 1.22. The molecule has 3 heteroatoms. The van der Waals surface area contributed by atoms with Crippen LogP contribution in [-0.4, -0.2) is 4.98 Å². The second-order valence-electron chi connectivity index (χ2n) is 2.74. The van der Waals surface area contributed by atoms with Crippen molar-refractivity contribution in [3.63, 3.8) is 0 Å². The van der Waals surface area contributed by atoms with Gasteiger partial charge in [0, 0.05) is 14.3 Å². The molecule has 1 aromatic heterocycles. The molecule has 0 aliphatic carbocycles. The number of benzene rings is 1. The predicted octanol–water partition coefficient (Wildman–Crippen LogP) is 3.73. The van der Waals surface area contributed by atoms with Crippen LogP contribution in [0.25, 0.3) is 10.9 Å². The second kappa shape index (κ2) is 3.92. The zero-order valence-electron chi connectivity index (χ0n) is 6.80. The topological polar surface area (TPSA) is 12.9 Å². The van der Waals surface area contributed by atoms with Gasteiger partial charge >= 0.3 is 0 Å². The van der Waals surface area contributed by atoms with Gasteiger partial charge in [0.2, 0.25) is 0 Å². The van der Waals surface area contributed by atoms with Gasteiger partial charge in [0.25, 0.3) is 0 Å². The number of aromatic nitrogens is 1. The predicted molar refractivity (Wildman–Crippen MR) is 67.1 cm³/mol. The Morgan fingerprint density at radius 2 is 2.08 bits per heavy atom. The minimum atomic E-state index is 0.816. The van der Waals surface area contributed by atoms with E-state index in [0.717, 1.165) is 16.5 Å². The molecule has 0 fully saturated rings. The number of hydrogen-bond donors (Lipinski definition) is 0. The van der Waals surface area contributed by atoms with Crippen molar-refractivity contribution in [2.24, 2.45) is 0 Å². The Morgan fingerprint density at radius 1 is 1.31 bits per heavy atom. The summed E-state index contributed by atoms with van der Waals surface area (Å²) in [5.74, 6) is 0. The van der Waals surface area contributed by atoms with Crippen molar-refractivity contribution in [1.29, 1.82) is 0 Å². The highest BCUT2D eigenvalue weighted by molar-refractivity contribution is 14.1. The number of rotatable bonds is 1. The smallest absolute Gasteiger partial charge is 0.0706 e. The lowest BCUT2D eigenvalue weighted by molar-refractivity contribution is 1.21. The van der Waals surface area contributed by atoms with Crippen molar-refractivity contribution in [3.05, 3.63) is 39.6 Å². The first-order chi connectivity index (χ1) is 6.31. The first-order valence-corrected chi connectivity index (χ1v) is 6.11. The van der Waals surface area contributed by atoms with Gasteiger partial charge in [0.1, 0.15) is 0 Å². The number of nitrogens with zero attached hydrogens (tertiary/aromatic N) is 1. The fraction of sp³-hybridized carbons (Fsp3) is 0.100. The van der Waals surface area contributed by atoms with E-state index in [4.69, 9.17) is 0 Å². The summed E-state index contributed by atoms with van der Waals surface area (Å²) in [7, 11) is 0. The van der Waals surface area contributed by atoms with Crippen LogP contribution in [-0.2, 0) is 5.33 Å². The van der Waals surface area contributed by atoms with Crippen LogP contribution < -0.4 is 0 Å². The normalized spacial score (nSPS) is 10.6. The van der Waals surface area contributed by atoms with Crippen molar-refractivity contribution in [2.45, 2.75) is 5.33 Å². The van der Waals surface area contributed by atoms with Crippen molar-refractivity contribution in [2.75, 3.05) is 0 Å². The van der Waals surface area contributed by atoms with E-state index in [9.17, 15) is 0 Å². The number of fused-ring (bicyclic) bond motifs is 1. The molecule has 1 nitrogen and oxygen atoms in total. The molecule has 0 amide bonds. The molecule has 0 spiro atoms. The maximum absolute atomic E-state index is 4.54. The van der Waals surface area contributed by atoms with E-state index in [1.807, 2.05) is 18.2 Å². The largest absolute Gasteiger partial charge is 0.251 e. The molecule has 2 rings (SSSR count). The number of pyridine rings is 1. The van der Waals surface area contributed by atoms with Crippen molar-refractivity contribution in [3.8, 4) is 0 Å². The molecule has 13 heavy (non-hydrogen) atoms. The molecule has 0 saturated heterocycles. The first kappa shape index (κ1) is 9.40. The quantitative estimate of drug-likeness (QED) is 0.565. The van der Waals surface area contributed by atoms with Gasteiger partial charge in [-0.05, 0) is 34.7 Å². The number of halogens is 2. The molecular formula is C10H7BrIN. The first-order valence-electron chi connectivity index (χ1n) is 3.91. The summed E-state index contributed by atoms with van der Waals surface area (Å²) in [6.07, 6.45) is 0. The van der Waals surface area contributed by atoms with Crippen LogP contribution in [0.2, 0.25) is 0 Å². The molecular weight excluding hydrogens is 341 g/mol. The third kappa shape index (κ3) is 1.86. The van der Waals surface area contributed by atoms with E-state index >= 15 is 0 Å². The molecule has 66 valence electrons. The highest BCUT2D eigenvalue weighted by Gasteiger charge is 2.01. The molecule has 0 saturated carbocycles. The van der Waals surface area contributed by atoms with E-state index < -0.39 is 0 Å². The standard InChI is InChI=1S/C10H7BrIN/c11-6-10-8(12)5-7-3-1-2-4-9(7)13-10/h1-5H,6H2. The van der Waals surface area contributed by atoms with Gasteiger partial charge in [0.05, 0.1) is 11.2 Å². The van der Waals surface area contributed by atoms with Crippen LogP contribution in [0.1, 0.15) is 5.69 Å². The zero-order chi connectivity index (χ0) is 9.26. The Bertz CT molecular complexity index is 442. The van der Waals surface area contributed by atoms with E-state index in [1.165, 1.54) is 8.96 Å². The van der Waals surface area contributed by atoms with Crippen LogP contribution in [0.5, 0.6) is 0 Å². The Kier molecular flexibility index (Phi) is 2.83. The molecule has 0 radical (unpaired) electrons. The monoisotopic (exact) mass is 347 g/mol. The van der Waals surface area contributed by atoms with Gasteiger partial charge in [-0.3, -0.25) is 4.98 Å². The molecule has 1 heterocycles. The van der Waals surface area contributed by atoms with Crippen LogP contribution in [0.4, 0.5) is 0 Å². The number of hydrogen-bond acceptors (Lipinski definition) is 1. The van der Waals surface area contributed by atoms with E-state index in [0.29, 0.717) is 0 Å². The maximum atomic E-state index is 4.54. The lowest BCUT2D eigenvalue weighted by atomic mass is 10.2. The second-order valence-corrected chi connectivity index (χ2v) is 4.47. The third-order valence-corrected chi connectivity index (χ3v) is 3.34. The molecule has 0 atom stereocenters. The molecule has 1 aromatic carbocycles. The Morgan fingerprint density at radius 3 is 2.85 bits per heavy atom. The van der Waals surface area contributed by atoms with Crippen LogP contribution in [0.15, 0.2) is 30.3 Å². The molecule has 0 bridgehead atoms. The SMILES string of the molecule is BrCc1nc2ccccc2cc1I. The van der Waals surface area contributed by atoms with Crippen LogP contribution in [0.3, 0.4) is 0 Å². The molecule has 2 aromatic rings. The van der Waals surface area contributed by atoms with E-state index in [1.54, 1.807) is 0 Å². The summed E-state index contributed by atoms with van der Waals surface area (Å²) in [6.45, 7) is 0. The Balaban J connectivity index is 2.74. The van der Waals surface area contributed by atoms with Crippen LogP contribution >= 0.6 is 38.5 Å². The highest BCUT2D eigenvalue weighted by atomic mass is 127. The van der Waals surface area contributed by atoms with Gasteiger partial charge in [-0.15, -0.1) is 0 Å². The van der Waals surface area contributed by atoms with Crippen molar-refractivity contribution in [1.82, 2.24) is 4.98 Å².